The molecule has 2 atom stereocenters. The predicted molar refractivity (Wildman–Crippen MR) is 221 cm³/mol. The van der Waals surface area contributed by atoms with Crippen LogP contribution in [0.1, 0.15) is 87.9 Å². The summed E-state index contributed by atoms with van der Waals surface area (Å²) in [5.41, 5.74) is 1.07. The zero-order valence-electron chi connectivity index (χ0n) is 32.9. The molecule has 6 rings (SSSR count). The fraction of sp³-hybridized carbons (Fsp3) is 0.295. The van der Waals surface area contributed by atoms with E-state index >= 15 is 0 Å². The normalized spacial score (nSPS) is 16.3. The Morgan fingerprint density at radius 2 is 0.862 bits per heavy atom. The highest BCUT2D eigenvalue weighted by atomic mass is 16.2. The first kappa shape index (κ1) is 40.8. The van der Waals surface area contributed by atoms with E-state index in [1.165, 1.54) is 11.9 Å². The van der Waals surface area contributed by atoms with Crippen LogP contribution in [0.5, 0.6) is 0 Å². The quantitative estimate of drug-likeness (QED) is 0.135. The Morgan fingerprint density at radius 1 is 0.500 bits per heavy atom. The maximum absolute atomic E-state index is 14.2. The molecule has 4 aromatic rings. The van der Waals surface area contributed by atoms with Crippen LogP contribution in [-0.2, 0) is 14.4 Å². The van der Waals surface area contributed by atoms with Crippen molar-refractivity contribution >= 4 is 64.1 Å². The first-order chi connectivity index (χ1) is 27.8. The largest absolute Gasteiger partial charge is 0.355 e. The first-order valence-corrected chi connectivity index (χ1v) is 19.2. The van der Waals surface area contributed by atoms with Gasteiger partial charge in [-0.3, -0.25) is 33.6 Å². The minimum absolute atomic E-state index is 0.121. The van der Waals surface area contributed by atoms with E-state index < -0.39 is 41.1 Å². The van der Waals surface area contributed by atoms with Crippen molar-refractivity contribution in [3.63, 3.8) is 0 Å². The zero-order chi connectivity index (χ0) is 41.6. The molecule has 2 saturated heterocycles. The highest BCUT2D eigenvalue weighted by molar-refractivity contribution is 6.15. The van der Waals surface area contributed by atoms with Gasteiger partial charge in [0, 0.05) is 25.6 Å². The third-order valence-corrected chi connectivity index (χ3v) is 10.2. The highest BCUT2D eigenvalue weighted by Crippen LogP contribution is 2.29. The molecule has 300 valence electrons. The molecule has 0 saturated carbocycles. The van der Waals surface area contributed by atoms with Gasteiger partial charge < -0.3 is 36.4 Å². The van der Waals surface area contributed by atoms with E-state index in [9.17, 15) is 33.6 Å². The van der Waals surface area contributed by atoms with E-state index in [0.29, 0.717) is 37.9 Å². The van der Waals surface area contributed by atoms with Gasteiger partial charge >= 0.3 is 0 Å². The second kappa shape index (κ2) is 17.5. The van der Waals surface area contributed by atoms with Crippen molar-refractivity contribution in [3.8, 4) is 0 Å². The number of anilines is 4. The standard InChI is InChI=1S/C44H47N7O7/c1-44(2,3)43(58)51-26-14-24-36(51)41(56)49-33-21-11-7-17-29(33)39(54)47-34-22-12-8-18-30(34)42(57)50-25-13-23-35(50)40(55)48-32-20-10-6-16-28(32)38(53)46-31-19-9-5-15-27(31)37(52)45-4/h5-12,15-22,35-36H,13-14,23-26H2,1-4H3,(H,45,52)(H,46,53)(H,47,54)(H,48,55)(H,49,56)/t35-,36-/m0/s1. The first-order valence-electron chi connectivity index (χ1n) is 19.2. The number of nitrogens with zero attached hydrogens (tertiary/aromatic N) is 2. The second-order valence-electron chi connectivity index (χ2n) is 15.2. The topological polar surface area (TPSA) is 186 Å². The molecule has 0 unspecified atom stereocenters. The number of carbonyl (C=O) groups excluding carboxylic acids is 7. The van der Waals surface area contributed by atoms with Gasteiger partial charge in [0.1, 0.15) is 12.1 Å². The molecule has 2 fully saturated rings. The summed E-state index contributed by atoms with van der Waals surface area (Å²) < 4.78 is 0. The van der Waals surface area contributed by atoms with Gasteiger partial charge in [-0.25, -0.2) is 0 Å². The van der Waals surface area contributed by atoms with Gasteiger partial charge in [-0.15, -0.1) is 0 Å². The molecule has 0 spiro atoms. The summed E-state index contributed by atoms with van der Waals surface area (Å²) in [5, 5.41) is 13.8. The minimum Gasteiger partial charge on any atom is -0.355 e. The maximum Gasteiger partial charge on any atom is 0.257 e. The van der Waals surface area contributed by atoms with Crippen LogP contribution in [0.2, 0.25) is 0 Å². The fourth-order valence-electron chi connectivity index (χ4n) is 7.25. The number of hydrogen-bond donors (Lipinski definition) is 5. The summed E-state index contributed by atoms with van der Waals surface area (Å²) in [6.45, 7) is 6.19. The molecule has 2 aliphatic rings. The number of amides is 7. The van der Waals surface area contributed by atoms with Crippen LogP contribution in [-0.4, -0.2) is 83.4 Å². The van der Waals surface area contributed by atoms with Gasteiger partial charge in [0.25, 0.3) is 23.6 Å². The smallest absolute Gasteiger partial charge is 0.257 e. The lowest BCUT2D eigenvalue weighted by molar-refractivity contribution is -0.143. The molecular formula is C44H47N7O7. The summed E-state index contributed by atoms with van der Waals surface area (Å²) in [5.74, 6) is -2.98. The molecule has 0 bridgehead atoms. The minimum atomic E-state index is -0.877. The number of likely N-dealkylation sites (tertiary alicyclic amines) is 2. The molecule has 58 heavy (non-hydrogen) atoms. The van der Waals surface area contributed by atoms with E-state index in [2.05, 4.69) is 26.6 Å². The van der Waals surface area contributed by atoms with Crippen molar-refractivity contribution in [1.82, 2.24) is 15.1 Å². The molecule has 14 heteroatoms. The van der Waals surface area contributed by atoms with Crippen LogP contribution in [0.3, 0.4) is 0 Å². The summed E-state index contributed by atoms with van der Waals surface area (Å²) in [7, 11) is 1.49. The van der Waals surface area contributed by atoms with Crippen LogP contribution in [0.25, 0.3) is 0 Å². The number of carbonyl (C=O) groups is 7. The third-order valence-electron chi connectivity index (χ3n) is 10.2. The van der Waals surface area contributed by atoms with Crippen molar-refractivity contribution in [2.24, 2.45) is 5.41 Å². The van der Waals surface area contributed by atoms with Gasteiger partial charge in [0.15, 0.2) is 0 Å². The average Bonchev–Trinajstić information content (AvgIpc) is 3.92. The molecule has 4 aromatic carbocycles. The zero-order valence-corrected chi connectivity index (χ0v) is 32.9. The Labute approximate surface area is 336 Å². The summed E-state index contributed by atoms with van der Waals surface area (Å²) in [6, 6.07) is 24.4. The lowest BCUT2D eigenvalue weighted by Gasteiger charge is -2.30. The van der Waals surface area contributed by atoms with E-state index in [4.69, 9.17) is 0 Å². The van der Waals surface area contributed by atoms with Crippen LogP contribution in [0.4, 0.5) is 22.7 Å². The number of benzene rings is 4. The lowest BCUT2D eigenvalue weighted by atomic mass is 9.94. The molecular weight excluding hydrogens is 739 g/mol. The van der Waals surface area contributed by atoms with Crippen LogP contribution >= 0.6 is 0 Å². The SMILES string of the molecule is CNC(=O)c1ccccc1NC(=O)c1ccccc1NC(=O)[C@@H]1CCCN1C(=O)c1ccccc1NC(=O)c1ccccc1NC(=O)[C@@H]1CCCN1C(=O)C(C)(C)C. The highest BCUT2D eigenvalue weighted by Gasteiger charge is 2.39. The Hall–Kier alpha value is -6.83. The van der Waals surface area contributed by atoms with Gasteiger partial charge in [0.2, 0.25) is 17.7 Å². The number of rotatable bonds is 10. The van der Waals surface area contributed by atoms with Gasteiger partial charge in [-0.2, -0.15) is 0 Å². The van der Waals surface area contributed by atoms with Crippen molar-refractivity contribution in [3.05, 3.63) is 119 Å². The molecule has 2 heterocycles. The average molecular weight is 786 g/mol. The van der Waals surface area contributed by atoms with Crippen molar-refractivity contribution in [2.75, 3.05) is 41.4 Å². The van der Waals surface area contributed by atoms with Gasteiger partial charge in [-0.05, 0) is 74.2 Å². The lowest BCUT2D eigenvalue weighted by Crippen LogP contribution is -2.47. The fourth-order valence-corrected chi connectivity index (χ4v) is 7.25. The maximum atomic E-state index is 14.2. The Kier molecular flexibility index (Phi) is 12.3. The molecule has 2 aliphatic heterocycles. The Bertz CT molecular complexity index is 2270. The Balaban J connectivity index is 1.15. The van der Waals surface area contributed by atoms with Crippen molar-refractivity contribution in [2.45, 2.75) is 58.5 Å². The number of nitrogens with one attached hydrogen (secondary N) is 5. The molecule has 7 amide bonds. The molecule has 5 N–H and O–H groups in total. The van der Waals surface area contributed by atoms with Crippen LogP contribution < -0.4 is 26.6 Å². The van der Waals surface area contributed by atoms with Crippen LogP contribution in [0, 0.1) is 5.41 Å². The third kappa shape index (κ3) is 8.91. The van der Waals surface area contributed by atoms with E-state index in [1.807, 2.05) is 20.8 Å². The van der Waals surface area contributed by atoms with Crippen molar-refractivity contribution in [1.29, 1.82) is 0 Å². The van der Waals surface area contributed by atoms with Crippen LogP contribution in [0.15, 0.2) is 97.1 Å². The van der Waals surface area contributed by atoms with Gasteiger partial charge in [-0.1, -0.05) is 69.3 Å². The monoisotopic (exact) mass is 785 g/mol. The molecule has 14 nitrogen and oxygen atoms in total. The van der Waals surface area contributed by atoms with E-state index in [0.717, 1.165) is 0 Å². The summed E-state index contributed by atoms with van der Waals surface area (Å²) in [4.78, 5) is 97.3. The Morgan fingerprint density at radius 3 is 1.31 bits per heavy atom. The molecule has 0 aromatic heterocycles. The second-order valence-corrected chi connectivity index (χ2v) is 15.2. The van der Waals surface area contributed by atoms with E-state index in [-0.39, 0.29) is 63.6 Å². The molecule has 0 radical (unpaired) electrons. The number of para-hydroxylation sites is 4. The number of hydrogen-bond acceptors (Lipinski definition) is 7. The van der Waals surface area contributed by atoms with E-state index in [1.54, 1.807) is 102 Å². The molecule has 0 aliphatic carbocycles. The predicted octanol–water partition coefficient (Wildman–Crippen LogP) is 5.77. The van der Waals surface area contributed by atoms with Gasteiger partial charge in [0.05, 0.1) is 45.0 Å². The van der Waals surface area contributed by atoms with Crippen molar-refractivity contribution < 1.29 is 33.6 Å². The summed E-state index contributed by atoms with van der Waals surface area (Å²) in [6.07, 6.45) is 2.11. The summed E-state index contributed by atoms with van der Waals surface area (Å²) >= 11 is 0.